The fourth-order valence-corrected chi connectivity index (χ4v) is 6.24. The first-order chi connectivity index (χ1) is 12.5. The molecule has 2 N–H and O–H groups in total. The lowest BCUT2D eigenvalue weighted by molar-refractivity contribution is 0.320. The van der Waals surface area contributed by atoms with E-state index in [1.165, 1.54) is 42.7 Å². The number of fused-ring (bicyclic) bond motifs is 1. The standard InChI is InChI=1S/C21H26Cl2N2S/c1-20(23)13-16(8-9-19(20)22)25-15-5-4-10-21(14-15)11-12-24-17-6-2-3-7-18(17)26-21/h2-3,6-9,13,15,19,24-25H,4-5,10-12,14H2,1H3/t15-,19?,20?,21?/m0/s1. The molecule has 5 heteroatoms. The van der Waals surface area contributed by atoms with Crippen LogP contribution in [0.15, 0.2) is 53.1 Å². The van der Waals surface area contributed by atoms with Gasteiger partial charge in [0.2, 0.25) is 0 Å². The maximum Gasteiger partial charge on any atom is 0.0818 e. The topological polar surface area (TPSA) is 24.1 Å². The molecule has 1 aromatic carbocycles. The van der Waals surface area contributed by atoms with E-state index in [-0.39, 0.29) is 5.38 Å². The van der Waals surface area contributed by atoms with Crippen molar-refractivity contribution in [3.05, 3.63) is 48.2 Å². The highest BCUT2D eigenvalue weighted by atomic mass is 35.5. The molecule has 4 rings (SSSR count). The molecule has 1 saturated carbocycles. The van der Waals surface area contributed by atoms with Crippen LogP contribution in [0.4, 0.5) is 5.69 Å². The highest BCUT2D eigenvalue weighted by molar-refractivity contribution is 8.00. The summed E-state index contributed by atoms with van der Waals surface area (Å²) < 4.78 is 0.313. The first-order valence-corrected chi connectivity index (χ1v) is 11.1. The summed E-state index contributed by atoms with van der Waals surface area (Å²) in [6, 6.07) is 9.19. The van der Waals surface area contributed by atoms with Gasteiger partial charge in [0.15, 0.2) is 0 Å². The minimum atomic E-state index is -0.523. The summed E-state index contributed by atoms with van der Waals surface area (Å²) >= 11 is 14.9. The minimum absolute atomic E-state index is 0.160. The molecule has 0 bridgehead atoms. The van der Waals surface area contributed by atoms with Crippen molar-refractivity contribution in [2.75, 3.05) is 11.9 Å². The maximum absolute atomic E-state index is 6.54. The number of allylic oxidation sites excluding steroid dienone is 3. The van der Waals surface area contributed by atoms with E-state index in [1.54, 1.807) is 0 Å². The van der Waals surface area contributed by atoms with Gasteiger partial charge >= 0.3 is 0 Å². The van der Waals surface area contributed by atoms with Crippen LogP contribution in [0.2, 0.25) is 0 Å². The number of thioether (sulfide) groups is 1. The molecule has 2 aliphatic carbocycles. The summed E-state index contributed by atoms with van der Waals surface area (Å²) in [4.78, 5) is 0.867. The average molecular weight is 409 g/mol. The van der Waals surface area contributed by atoms with Gasteiger partial charge in [-0.15, -0.1) is 35.0 Å². The number of hydrogen-bond donors (Lipinski definition) is 2. The average Bonchev–Trinajstić information content (AvgIpc) is 2.77. The van der Waals surface area contributed by atoms with Gasteiger partial charge in [-0.25, -0.2) is 0 Å². The lowest BCUT2D eigenvalue weighted by Crippen LogP contribution is -2.43. The van der Waals surface area contributed by atoms with Crippen LogP contribution in [0.25, 0.3) is 0 Å². The van der Waals surface area contributed by atoms with E-state index in [4.69, 9.17) is 23.2 Å². The Hall–Kier alpha value is -0.770. The molecule has 0 radical (unpaired) electrons. The van der Waals surface area contributed by atoms with Crippen molar-refractivity contribution in [3.8, 4) is 0 Å². The monoisotopic (exact) mass is 408 g/mol. The second-order valence-corrected chi connectivity index (χ2v) is 10.7. The highest BCUT2D eigenvalue weighted by Gasteiger charge is 2.39. The van der Waals surface area contributed by atoms with Crippen molar-refractivity contribution in [3.63, 3.8) is 0 Å². The lowest BCUT2D eigenvalue weighted by atomic mass is 9.82. The molecule has 2 nitrogen and oxygen atoms in total. The van der Waals surface area contributed by atoms with E-state index in [2.05, 4.69) is 58.8 Å². The number of halogens is 2. The second-order valence-electron chi connectivity index (χ2n) is 7.91. The molecular weight excluding hydrogens is 383 g/mol. The zero-order chi connectivity index (χ0) is 18.2. The number of benzene rings is 1. The molecule has 3 aliphatic rings. The van der Waals surface area contributed by atoms with Gasteiger partial charge in [0, 0.05) is 33.6 Å². The van der Waals surface area contributed by atoms with Gasteiger partial charge in [-0.2, -0.15) is 0 Å². The van der Waals surface area contributed by atoms with E-state index < -0.39 is 4.87 Å². The number of hydrogen-bond acceptors (Lipinski definition) is 3. The van der Waals surface area contributed by atoms with E-state index in [1.807, 2.05) is 13.0 Å². The fourth-order valence-electron chi connectivity index (χ4n) is 4.31. The van der Waals surface area contributed by atoms with Gasteiger partial charge < -0.3 is 10.6 Å². The van der Waals surface area contributed by atoms with Crippen LogP contribution in [-0.4, -0.2) is 27.6 Å². The third-order valence-electron chi connectivity index (χ3n) is 5.71. The fraction of sp³-hybridized carbons (Fsp3) is 0.524. The van der Waals surface area contributed by atoms with Crippen molar-refractivity contribution in [2.45, 2.75) is 65.0 Å². The second kappa shape index (κ2) is 7.33. The Morgan fingerprint density at radius 1 is 1.27 bits per heavy atom. The Balaban J connectivity index is 1.49. The van der Waals surface area contributed by atoms with Crippen LogP contribution in [0.3, 0.4) is 0 Å². The van der Waals surface area contributed by atoms with Gasteiger partial charge in [0.1, 0.15) is 0 Å². The van der Waals surface area contributed by atoms with Crippen LogP contribution in [0, 0.1) is 0 Å². The van der Waals surface area contributed by atoms with E-state index in [0.717, 1.165) is 12.2 Å². The summed E-state index contributed by atoms with van der Waals surface area (Å²) in [6.07, 6.45) is 12.3. The Kier molecular flexibility index (Phi) is 5.24. The van der Waals surface area contributed by atoms with Crippen LogP contribution < -0.4 is 10.6 Å². The smallest absolute Gasteiger partial charge is 0.0818 e. The molecule has 0 amide bonds. The number of alkyl halides is 2. The molecule has 1 fully saturated rings. The molecule has 140 valence electrons. The van der Waals surface area contributed by atoms with Crippen LogP contribution in [0.1, 0.15) is 39.0 Å². The van der Waals surface area contributed by atoms with Crippen LogP contribution in [0.5, 0.6) is 0 Å². The quantitative estimate of drug-likeness (QED) is 0.593. The summed E-state index contributed by atoms with van der Waals surface area (Å²) in [5.74, 6) is 0. The number of para-hydroxylation sites is 1. The van der Waals surface area contributed by atoms with E-state index >= 15 is 0 Å². The zero-order valence-electron chi connectivity index (χ0n) is 15.1. The Bertz CT molecular complexity index is 730. The molecule has 0 aromatic heterocycles. The normalized spacial score (nSPS) is 36.7. The molecule has 1 aromatic rings. The predicted molar refractivity (Wildman–Crippen MR) is 115 cm³/mol. The number of nitrogens with one attached hydrogen (secondary N) is 2. The predicted octanol–water partition coefficient (Wildman–Crippen LogP) is 5.92. The maximum atomic E-state index is 6.54. The third-order valence-corrected chi connectivity index (χ3v) is 8.34. The molecule has 3 unspecified atom stereocenters. The summed E-state index contributed by atoms with van der Waals surface area (Å²) in [7, 11) is 0. The molecule has 1 heterocycles. The van der Waals surface area contributed by atoms with E-state index in [9.17, 15) is 0 Å². The van der Waals surface area contributed by atoms with Crippen LogP contribution >= 0.6 is 35.0 Å². The molecular formula is C21H26Cl2N2S. The SMILES string of the molecule is CC1(Cl)C=C(N[C@H]2CCCC3(CCNc4ccccc4S3)C2)C=CC1Cl. The first-order valence-electron chi connectivity index (χ1n) is 9.48. The lowest BCUT2D eigenvalue weighted by Gasteiger charge is -2.41. The van der Waals surface area contributed by atoms with Crippen molar-refractivity contribution >= 4 is 40.7 Å². The highest BCUT2D eigenvalue weighted by Crippen LogP contribution is 2.49. The largest absolute Gasteiger partial charge is 0.384 e. The Morgan fingerprint density at radius 3 is 2.96 bits per heavy atom. The van der Waals surface area contributed by atoms with Gasteiger partial charge in [-0.1, -0.05) is 24.6 Å². The van der Waals surface area contributed by atoms with E-state index in [0.29, 0.717) is 10.8 Å². The van der Waals surface area contributed by atoms with Crippen molar-refractivity contribution < 1.29 is 0 Å². The Morgan fingerprint density at radius 2 is 2.12 bits per heavy atom. The van der Waals surface area contributed by atoms with Crippen molar-refractivity contribution in [2.24, 2.45) is 0 Å². The summed E-state index contributed by atoms with van der Waals surface area (Å²) in [6.45, 7) is 3.02. The van der Waals surface area contributed by atoms with Gasteiger partial charge in [-0.3, -0.25) is 0 Å². The molecule has 1 aliphatic heterocycles. The molecule has 26 heavy (non-hydrogen) atoms. The third kappa shape index (κ3) is 3.90. The van der Waals surface area contributed by atoms with Crippen molar-refractivity contribution in [1.82, 2.24) is 5.32 Å². The van der Waals surface area contributed by atoms with Crippen molar-refractivity contribution in [1.29, 1.82) is 0 Å². The summed E-state index contributed by atoms with van der Waals surface area (Å²) in [5.41, 5.74) is 2.40. The zero-order valence-corrected chi connectivity index (χ0v) is 17.4. The van der Waals surface area contributed by atoms with Gasteiger partial charge in [0.25, 0.3) is 0 Å². The molecule has 1 spiro atoms. The number of rotatable bonds is 2. The van der Waals surface area contributed by atoms with Gasteiger partial charge in [0.05, 0.1) is 10.3 Å². The van der Waals surface area contributed by atoms with Crippen LogP contribution in [-0.2, 0) is 0 Å². The van der Waals surface area contributed by atoms with Gasteiger partial charge in [-0.05, 0) is 56.9 Å². The molecule has 4 atom stereocenters. The summed E-state index contributed by atoms with van der Waals surface area (Å²) in [5, 5.41) is 7.20. The Labute approximate surface area is 170 Å². The first kappa shape index (κ1) is 18.6. The number of anilines is 1. The minimum Gasteiger partial charge on any atom is -0.384 e. The molecule has 0 saturated heterocycles.